The van der Waals surface area contributed by atoms with E-state index in [-0.39, 0.29) is 17.7 Å². The van der Waals surface area contributed by atoms with Gasteiger partial charge in [0.15, 0.2) is 0 Å². The SMILES string of the molecule is Cc1ccc(C(=O)N2CCCC(C(=O)N3CCCC(O)C3)C2)cc1. The quantitative estimate of drug-likeness (QED) is 0.900. The summed E-state index contributed by atoms with van der Waals surface area (Å²) in [7, 11) is 0. The molecular formula is C19H26N2O3. The zero-order valence-corrected chi connectivity index (χ0v) is 14.3. The first-order valence-electron chi connectivity index (χ1n) is 8.87. The Morgan fingerprint density at radius 1 is 1.00 bits per heavy atom. The van der Waals surface area contributed by atoms with E-state index >= 15 is 0 Å². The largest absolute Gasteiger partial charge is 0.391 e. The van der Waals surface area contributed by atoms with Gasteiger partial charge in [0.2, 0.25) is 5.91 Å². The zero-order valence-electron chi connectivity index (χ0n) is 14.3. The smallest absolute Gasteiger partial charge is 0.253 e. The second kappa shape index (κ2) is 7.34. The molecule has 0 aromatic heterocycles. The number of benzene rings is 1. The van der Waals surface area contributed by atoms with Gasteiger partial charge in [-0.2, -0.15) is 0 Å². The van der Waals surface area contributed by atoms with Gasteiger partial charge in [0.1, 0.15) is 0 Å². The van der Waals surface area contributed by atoms with Crippen molar-refractivity contribution in [1.29, 1.82) is 0 Å². The van der Waals surface area contributed by atoms with Gasteiger partial charge in [-0.05, 0) is 44.7 Å². The van der Waals surface area contributed by atoms with Crippen molar-refractivity contribution in [2.75, 3.05) is 26.2 Å². The molecule has 0 bridgehead atoms. The van der Waals surface area contributed by atoms with Crippen LogP contribution < -0.4 is 0 Å². The summed E-state index contributed by atoms with van der Waals surface area (Å²) in [6, 6.07) is 7.58. The minimum absolute atomic E-state index is 0.00572. The molecule has 0 spiro atoms. The minimum atomic E-state index is -0.406. The van der Waals surface area contributed by atoms with E-state index in [1.54, 1.807) is 9.80 Å². The number of rotatable bonds is 2. The molecule has 2 atom stereocenters. The summed E-state index contributed by atoms with van der Waals surface area (Å²) in [4.78, 5) is 29.0. The Morgan fingerprint density at radius 2 is 1.67 bits per heavy atom. The fourth-order valence-corrected chi connectivity index (χ4v) is 3.65. The monoisotopic (exact) mass is 330 g/mol. The lowest BCUT2D eigenvalue weighted by molar-refractivity contribution is -0.140. The van der Waals surface area contributed by atoms with Gasteiger partial charge in [-0.25, -0.2) is 0 Å². The van der Waals surface area contributed by atoms with E-state index in [9.17, 15) is 14.7 Å². The van der Waals surface area contributed by atoms with Crippen LogP contribution in [0.4, 0.5) is 0 Å². The molecule has 2 amide bonds. The lowest BCUT2D eigenvalue weighted by atomic mass is 9.94. The number of aliphatic hydroxyl groups excluding tert-OH is 1. The number of hydrogen-bond acceptors (Lipinski definition) is 3. The first kappa shape index (κ1) is 17.0. The molecule has 0 saturated carbocycles. The summed E-state index contributed by atoms with van der Waals surface area (Å²) in [5.74, 6) is -0.0419. The van der Waals surface area contributed by atoms with E-state index in [0.29, 0.717) is 25.2 Å². The Balaban J connectivity index is 1.64. The van der Waals surface area contributed by atoms with Crippen molar-refractivity contribution >= 4 is 11.8 Å². The van der Waals surface area contributed by atoms with E-state index in [4.69, 9.17) is 0 Å². The minimum Gasteiger partial charge on any atom is -0.391 e. The first-order chi connectivity index (χ1) is 11.5. The van der Waals surface area contributed by atoms with Gasteiger partial charge in [0.05, 0.1) is 12.0 Å². The second-order valence-corrected chi connectivity index (χ2v) is 7.04. The number of aliphatic hydroxyl groups is 1. The fourth-order valence-electron chi connectivity index (χ4n) is 3.65. The van der Waals surface area contributed by atoms with Gasteiger partial charge in [0, 0.05) is 31.7 Å². The van der Waals surface area contributed by atoms with Gasteiger partial charge < -0.3 is 14.9 Å². The molecule has 0 radical (unpaired) electrons. The molecule has 1 N–H and O–H groups in total. The summed E-state index contributed by atoms with van der Waals surface area (Å²) in [5.41, 5.74) is 1.81. The van der Waals surface area contributed by atoms with Crippen LogP contribution in [-0.4, -0.2) is 59.0 Å². The predicted octanol–water partition coefficient (Wildman–Crippen LogP) is 1.83. The molecule has 130 valence electrons. The fraction of sp³-hybridized carbons (Fsp3) is 0.579. The number of likely N-dealkylation sites (tertiary alicyclic amines) is 2. The highest BCUT2D eigenvalue weighted by atomic mass is 16.3. The maximum atomic E-state index is 12.7. The molecular weight excluding hydrogens is 304 g/mol. The Hall–Kier alpha value is -1.88. The molecule has 2 heterocycles. The first-order valence-corrected chi connectivity index (χ1v) is 8.87. The van der Waals surface area contributed by atoms with Crippen LogP contribution in [0.3, 0.4) is 0 Å². The van der Waals surface area contributed by atoms with Crippen LogP contribution in [0.5, 0.6) is 0 Å². The van der Waals surface area contributed by atoms with Crippen molar-refractivity contribution in [3.63, 3.8) is 0 Å². The number of amides is 2. The van der Waals surface area contributed by atoms with Crippen LogP contribution >= 0.6 is 0 Å². The van der Waals surface area contributed by atoms with Crippen molar-refractivity contribution in [2.24, 2.45) is 5.92 Å². The lowest BCUT2D eigenvalue weighted by Crippen LogP contribution is -2.50. The molecule has 5 heteroatoms. The van der Waals surface area contributed by atoms with Crippen molar-refractivity contribution in [3.8, 4) is 0 Å². The Kier molecular flexibility index (Phi) is 5.19. The molecule has 3 rings (SSSR count). The summed E-state index contributed by atoms with van der Waals surface area (Å²) in [6.07, 6.45) is 2.89. The van der Waals surface area contributed by atoms with E-state index in [1.807, 2.05) is 31.2 Å². The van der Waals surface area contributed by atoms with Gasteiger partial charge in [-0.1, -0.05) is 17.7 Å². The van der Waals surface area contributed by atoms with Crippen molar-refractivity contribution in [2.45, 2.75) is 38.7 Å². The van der Waals surface area contributed by atoms with Gasteiger partial charge >= 0.3 is 0 Å². The third-order valence-corrected chi connectivity index (χ3v) is 5.06. The van der Waals surface area contributed by atoms with Crippen LogP contribution in [0.1, 0.15) is 41.6 Å². The molecule has 2 aliphatic heterocycles. The molecule has 2 unspecified atom stereocenters. The molecule has 24 heavy (non-hydrogen) atoms. The average molecular weight is 330 g/mol. The topological polar surface area (TPSA) is 60.9 Å². The lowest BCUT2D eigenvalue weighted by Gasteiger charge is -2.37. The van der Waals surface area contributed by atoms with Crippen LogP contribution in [0.25, 0.3) is 0 Å². The molecule has 2 saturated heterocycles. The number of β-amino-alcohol motifs (C(OH)–C–C–N with tert-alkyl or cyclic N) is 1. The number of nitrogens with zero attached hydrogens (tertiary/aromatic N) is 2. The van der Waals surface area contributed by atoms with Crippen LogP contribution in [-0.2, 0) is 4.79 Å². The second-order valence-electron chi connectivity index (χ2n) is 7.04. The van der Waals surface area contributed by atoms with Gasteiger partial charge in [0.25, 0.3) is 5.91 Å². The molecule has 1 aromatic carbocycles. The molecule has 0 aliphatic carbocycles. The number of carbonyl (C=O) groups excluding carboxylic acids is 2. The highest BCUT2D eigenvalue weighted by molar-refractivity contribution is 5.94. The number of piperidine rings is 2. The Labute approximate surface area is 143 Å². The third-order valence-electron chi connectivity index (χ3n) is 5.06. The van der Waals surface area contributed by atoms with E-state index in [2.05, 4.69) is 0 Å². The number of hydrogen-bond donors (Lipinski definition) is 1. The highest BCUT2D eigenvalue weighted by Gasteiger charge is 2.33. The maximum absolute atomic E-state index is 12.7. The Bertz CT molecular complexity index is 599. The van der Waals surface area contributed by atoms with Crippen molar-refractivity contribution in [1.82, 2.24) is 9.80 Å². The van der Waals surface area contributed by atoms with Crippen LogP contribution in [0.15, 0.2) is 24.3 Å². The van der Waals surface area contributed by atoms with Gasteiger partial charge in [-0.3, -0.25) is 9.59 Å². The van der Waals surface area contributed by atoms with Gasteiger partial charge in [-0.15, -0.1) is 0 Å². The molecule has 2 aliphatic rings. The van der Waals surface area contributed by atoms with E-state index in [0.717, 1.165) is 37.8 Å². The van der Waals surface area contributed by atoms with Crippen molar-refractivity contribution < 1.29 is 14.7 Å². The number of aryl methyl sites for hydroxylation is 1. The normalized spacial score (nSPS) is 24.8. The van der Waals surface area contributed by atoms with E-state index in [1.165, 1.54) is 0 Å². The third kappa shape index (κ3) is 3.78. The van der Waals surface area contributed by atoms with Crippen LogP contribution in [0.2, 0.25) is 0 Å². The summed E-state index contributed by atoms with van der Waals surface area (Å²) < 4.78 is 0. The molecule has 1 aromatic rings. The average Bonchev–Trinajstić information content (AvgIpc) is 2.61. The summed E-state index contributed by atoms with van der Waals surface area (Å²) >= 11 is 0. The summed E-state index contributed by atoms with van der Waals surface area (Å²) in [5, 5.41) is 9.78. The zero-order chi connectivity index (χ0) is 17.1. The summed E-state index contributed by atoms with van der Waals surface area (Å²) in [6.45, 7) is 4.34. The van der Waals surface area contributed by atoms with E-state index < -0.39 is 6.10 Å². The van der Waals surface area contributed by atoms with Crippen LogP contribution in [0, 0.1) is 12.8 Å². The highest BCUT2D eigenvalue weighted by Crippen LogP contribution is 2.22. The Morgan fingerprint density at radius 3 is 2.38 bits per heavy atom. The number of carbonyl (C=O) groups is 2. The molecule has 5 nitrogen and oxygen atoms in total. The predicted molar refractivity (Wildman–Crippen MR) is 91.6 cm³/mol. The standard InChI is InChI=1S/C19H26N2O3/c1-14-6-8-15(9-7-14)18(23)20-10-2-4-16(12-20)19(24)21-11-3-5-17(22)13-21/h6-9,16-17,22H,2-5,10-13H2,1H3. The van der Waals surface area contributed by atoms with Crippen molar-refractivity contribution in [3.05, 3.63) is 35.4 Å². The molecule has 2 fully saturated rings. The maximum Gasteiger partial charge on any atom is 0.253 e.